The Morgan fingerprint density at radius 2 is 0.612 bits per heavy atom. The van der Waals surface area contributed by atoms with Crippen LogP contribution in [0.1, 0.15) is 38.9 Å². The van der Waals surface area contributed by atoms with Gasteiger partial charge in [-0.1, -0.05) is 90.5 Å². The molecule has 8 heteroatoms. The first-order chi connectivity index (χ1) is 24.0. The normalized spacial score (nSPS) is 19.1. The van der Waals surface area contributed by atoms with Crippen LogP contribution in [0.2, 0.25) is 0 Å². The molecule has 250 valence electrons. The van der Waals surface area contributed by atoms with Gasteiger partial charge >= 0.3 is 0 Å². The minimum Gasteiger partial charge on any atom is -0.497 e. The Hall–Kier alpha value is -2.20. The molecule has 5 aromatic carbocycles. The molecule has 0 amide bonds. The topological polar surface area (TPSA) is 18.5 Å². The van der Waals surface area contributed by atoms with E-state index in [0.29, 0.717) is 0 Å². The maximum atomic E-state index is 6.41. The van der Waals surface area contributed by atoms with E-state index >= 15 is 0 Å². The van der Waals surface area contributed by atoms with Crippen LogP contribution in [-0.2, 0) is 12.2 Å². The first-order valence-corrected chi connectivity index (χ1v) is 22.5. The molecule has 8 rings (SSSR count). The van der Waals surface area contributed by atoms with Crippen LogP contribution >= 0.6 is 70.6 Å². The number of hydrogen-bond donors (Lipinski definition) is 0. The van der Waals surface area contributed by atoms with Gasteiger partial charge in [0.15, 0.2) is 0 Å². The number of thioether (sulfide) groups is 6. The van der Waals surface area contributed by atoms with Gasteiger partial charge in [0.05, 0.1) is 7.11 Å². The van der Waals surface area contributed by atoms with Crippen LogP contribution in [0.4, 0.5) is 0 Å². The van der Waals surface area contributed by atoms with Crippen LogP contribution in [0.25, 0.3) is 0 Å². The zero-order valence-electron chi connectivity index (χ0n) is 27.6. The summed E-state index contributed by atoms with van der Waals surface area (Å²) in [5.74, 6) is 9.52. The molecule has 5 aromatic rings. The molecule has 0 spiro atoms. The number of aryl methyl sites for hydroxylation is 1. The van der Waals surface area contributed by atoms with Crippen molar-refractivity contribution in [1.82, 2.24) is 0 Å². The Morgan fingerprint density at radius 3 is 0.898 bits per heavy atom. The van der Waals surface area contributed by atoms with E-state index in [0.717, 1.165) is 40.3 Å². The summed E-state index contributed by atoms with van der Waals surface area (Å²) in [5.41, 5.74) is 9.40. The maximum absolute atomic E-state index is 6.41. The molecule has 0 unspecified atom stereocenters. The summed E-state index contributed by atoms with van der Waals surface area (Å²) in [6.07, 6.45) is 0. The van der Waals surface area contributed by atoms with Crippen molar-refractivity contribution in [2.45, 2.75) is 19.2 Å². The van der Waals surface area contributed by atoms with E-state index < -0.39 is 0 Å². The molecule has 49 heavy (non-hydrogen) atoms. The zero-order valence-corrected chi connectivity index (χ0v) is 32.5. The third kappa shape index (κ3) is 6.44. The molecule has 3 saturated heterocycles. The van der Waals surface area contributed by atoms with E-state index in [1.807, 2.05) is 23.5 Å². The highest BCUT2D eigenvalue weighted by Crippen LogP contribution is 2.60. The van der Waals surface area contributed by atoms with Gasteiger partial charge in [-0.15, -0.1) is 70.6 Å². The predicted molar refractivity (Wildman–Crippen MR) is 221 cm³/mol. The molecule has 0 atom stereocenters. The number of hydrogen-bond acceptors (Lipinski definition) is 8. The van der Waals surface area contributed by atoms with Crippen LogP contribution in [0, 0.1) is 6.92 Å². The van der Waals surface area contributed by atoms with Crippen molar-refractivity contribution in [2.24, 2.45) is 0 Å². The first kappa shape index (κ1) is 33.9. The van der Waals surface area contributed by atoms with Gasteiger partial charge in [-0.2, -0.15) is 0 Å². The van der Waals surface area contributed by atoms with Gasteiger partial charge in [0.1, 0.15) is 29.5 Å². The number of benzene rings is 5. The molecule has 2 nitrogen and oxygen atoms in total. The van der Waals surface area contributed by atoms with E-state index in [2.05, 4.69) is 175 Å². The highest BCUT2D eigenvalue weighted by Gasteiger charge is 2.42. The molecular weight excluding hydrogens is 717 g/mol. The largest absolute Gasteiger partial charge is 0.497 e. The molecule has 0 bridgehead atoms. The fourth-order valence-corrected chi connectivity index (χ4v) is 16.7. The smallest absolute Gasteiger partial charge is 0.127 e. The van der Waals surface area contributed by atoms with E-state index in [1.165, 1.54) is 50.4 Å². The molecule has 0 aliphatic carbocycles. The van der Waals surface area contributed by atoms with Gasteiger partial charge in [0.2, 0.25) is 0 Å². The Kier molecular flexibility index (Phi) is 9.99. The van der Waals surface area contributed by atoms with Crippen molar-refractivity contribution in [1.29, 1.82) is 0 Å². The maximum Gasteiger partial charge on any atom is 0.127 e. The lowest BCUT2D eigenvalue weighted by Crippen LogP contribution is -2.19. The summed E-state index contributed by atoms with van der Waals surface area (Å²) >= 11 is 12.3. The van der Waals surface area contributed by atoms with Crippen molar-refractivity contribution in [3.8, 4) is 17.2 Å². The number of rotatable bonds is 9. The molecule has 3 aliphatic heterocycles. The fraction of sp³-hybridized carbons (Fsp3) is 0.268. The molecule has 0 radical (unpaired) electrons. The second-order valence-electron chi connectivity index (χ2n) is 12.3. The summed E-state index contributed by atoms with van der Waals surface area (Å²) in [5, 5.41) is 0. The van der Waals surface area contributed by atoms with Gasteiger partial charge in [0.25, 0.3) is 0 Å². The molecule has 3 heterocycles. The van der Waals surface area contributed by atoms with E-state index in [1.54, 1.807) is 7.11 Å². The van der Waals surface area contributed by atoms with E-state index in [4.69, 9.17) is 9.47 Å². The second-order valence-corrected chi connectivity index (χ2v) is 20.9. The molecule has 0 saturated carbocycles. The highest BCUT2D eigenvalue weighted by atomic mass is 32.2. The SMILES string of the molecule is COc1ccc(C2(c3ccc(Oc4ccc(C5(c6ccc(C7(c8ccc(C)cc8)SCCS7)cc6)SCCS5)cc4)cc3)SCCS2)cc1. The van der Waals surface area contributed by atoms with Crippen molar-refractivity contribution < 1.29 is 9.47 Å². The lowest BCUT2D eigenvalue weighted by molar-refractivity contribution is 0.414. The van der Waals surface area contributed by atoms with Gasteiger partial charge in [0, 0.05) is 34.5 Å². The summed E-state index contributed by atoms with van der Waals surface area (Å²) < 4.78 is 11.6. The third-order valence-corrected chi connectivity index (χ3v) is 19.9. The van der Waals surface area contributed by atoms with Gasteiger partial charge in [-0.3, -0.25) is 0 Å². The van der Waals surface area contributed by atoms with Crippen LogP contribution in [0.5, 0.6) is 17.2 Å². The minimum atomic E-state index is -0.113. The Morgan fingerprint density at radius 1 is 0.367 bits per heavy atom. The van der Waals surface area contributed by atoms with Crippen LogP contribution in [-0.4, -0.2) is 41.6 Å². The van der Waals surface area contributed by atoms with E-state index in [-0.39, 0.29) is 12.2 Å². The van der Waals surface area contributed by atoms with Crippen LogP contribution in [0.15, 0.2) is 121 Å². The molecule has 3 aliphatic rings. The van der Waals surface area contributed by atoms with Gasteiger partial charge in [-0.25, -0.2) is 0 Å². The van der Waals surface area contributed by atoms with Crippen molar-refractivity contribution in [2.75, 3.05) is 41.6 Å². The van der Waals surface area contributed by atoms with Crippen LogP contribution in [0.3, 0.4) is 0 Å². The monoisotopic (exact) mass is 754 g/mol. The summed E-state index contributed by atoms with van der Waals surface area (Å²) in [6, 6.07) is 44.8. The molecule has 0 aromatic heterocycles. The Labute approximate surface area is 316 Å². The first-order valence-electron chi connectivity index (χ1n) is 16.6. The summed E-state index contributed by atoms with van der Waals surface area (Å²) in [7, 11) is 1.72. The van der Waals surface area contributed by atoms with Crippen molar-refractivity contribution >= 4 is 70.6 Å². The summed E-state index contributed by atoms with van der Waals surface area (Å²) in [6.45, 7) is 2.17. The van der Waals surface area contributed by atoms with Crippen molar-refractivity contribution in [3.05, 3.63) is 160 Å². The van der Waals surface area contributed by atoms with Gasteiger partial charge in [-0.05, 0) is 76.7 Å². The third-order valence-electron chi connectivity index (χ3n) is 9.33. The van der Waals surface area contributed by atoms with Crippen LogP contribution < -0.4 is 9.47 Å². The minimum absolute atomic E-state index is 0.0302. The van der Waals surface area contributed by atoms with Gasteiger partial charge < -0.3 is 9.47 Å². The highest BCUT2D eigenvalue weighted by molar-refractivity contribution is 8.21. The predicted octanol–water partition coefficient (Wildman–Crippen LogP) is 11.8. The number of ether oxygens (including phenoxy) is 2. The standard InChI is InChI=1S/C41H38O2S6/c1-29-3-5-30(6-4-29)39(44-23-24-45-39)31-7-9-32(10-8-31)40(46-25-26-47-40)34-13-19-37(20-14-34)43-38-21-15-35(16-22-38)41(48-27-28-49-41)33-11-17-36(42-2)18-12-33/h3-22H,23-28H2,1-2H3. The summed E-state index contributed by atoms with van der Waals surface area (Å²) in [4.78, 5) is 0. The number of methoxy groups -OCH3 is 1. The zero-order chi connectivity index (χ0) is 33.3. The lowest BCUT2D eigenvalue weighted by atomic mass is 9.98. The van der Waals surface area contributed by atoms with Crippen molar-refractivity contribution in [3.63, 3.8) is 0 Å². The molecule has 0 N–H and O–H groups in total. The quantitative estimate of drug-likeness (QED) is 0.146. The Balaban J connectivity index is 1.01. The Bertz CT molecular complexity index is 1860. The fourth-order valence-electron chi connectivity index (χ4n) is 6.85. The average molecular weight is 755 g/mol. The molecular formula is C41H38O2S6. The molecule has 3 fully saturated rings. The average Bonchev–Trinajstić information content (AvgIpc) is 3.96. The van der Waals surface area contributed by atoms with E-state index in [9.17, 15) is 0 Å². The lowest BCUT2D eigenvalue weighted by Gasteiger charge is -2.32. The second kappa shape index (κ2) is 14.4.